The van der Waals surface area contributed by atoms with Gasteiger partial charge in [-0.25, -0.2) is 4.98 Å². The number of nitrogens with zero attached hydrogens (tertiary/aromatic N) is 2. The van der Waals surface area contributed by atoms with Gasteiger partial charge in [-0.1, -0.05) is 30.3 Å². The molecule has 134 valence electrons. The lowest BCUT2D eigenvalue weighted by Crippen LogP contribution is -2.29. The smallest absolute Gasteiger partial charge is 0.145 e. The summed E-state index contributed by atoms with van der Waals surface area (Å²) in [4.78, 5) is 12.9. The molecule has 0 radical (unpaired) electrons. The van der Waals surface area contributed by atoms with Gasteiger partial charge in [0, 0.05) is 23.6 Å². The molecule has 5 rings (SSSR count). The van der Waals surface area contributed by atoms with Crippen molar-refractivity contribution in [2.75, 3.05) is 13.1 Å². The number of amidine groups is 1. The number of aromatic nitrogens is 3. The second kappa shape index (κ2) is 6.02. The summed E-state index contributed by atoms with van der Waals surface area (Å²) >= 11 is 0. The van der Waals surface area contributed by atoms with Crippen LogP contribution < -0.4 is 0 Å². The molecule has 2 aromatic carbocycles. The van der Waals surface area contributed by atoms with Crippen LogP contribution in [0, 0.1) is 5.41 Å². The molecule has 1 aliphatic heterocycles. The summed E-state index contributed by atoms with van der Waals surface area (Å²) in [7, 11) is 0. The van der Waals surface area contributed by atoms with Crippen LogP contribution >= 0.6 is 0 Å². The van der Waals surface area contributed by atoms with Crippen molar-refractivity contribution in [3.8, 4) is 0 Å². The Morgan fingerprint density at radius 1 is 1.07 bits per heavy atom. The molecule has 0 saturated heterocycles. The number of H-pyrrole nitrogens is 2. The molecule has 3 heterocycles. The molecular formula is C21H19N5O. The van der Waals surface area contributed by atoms with Gasteiger partial charge in [0.15, 0.2) is 0 Å². The zero-order chi connectivity index (χ0) is 18.4. The van der Waals surface area contributed by atoms with Gasteiger partial charge < -0.3 is 20.0 Å². The molecule has 6 heteroatoms. The third kappa shape index (κ3) is 2.57. The second-order valence-corrected chi connectivity index (χ2v) is 6.80. The number of aromatic amines is 2. The summed E-state index contributed by atoms with van der Waals surface area (Å²) in [6, 6.07) is 15.9. The Labute approximate surface area is 155 Å². The van der Waals surface area contributed by atoms with Crippen molar-refractivity contribution in [2.24, 2.45) is 0 Å². The highest BCUT2D eigenvalue weighted by Crippen LogP contribution is 2.27. The molecule has 2 aromatic heterocycles. The highest BCUT2D eigenvalue weighted by molar-refractivity contribution is 6.23. The number of nitrogens with one attached hydrogen (secondary N) is 3. The number of hydrogen-bond acceptors (Lipinski definition) is 3. The summed E-state index contributed by atoms with van der Waals surface area (Å²) in [5, 5.41) is 20.2. The minimum absolute atomic E-state index is 0.193. The largest absolute Gasteiger partial charge is 0.510 e. The number of imidazole rings is 1. The van der Waals surface area contributed by atoms with E-state index < -0.39 is 0 Å². The number of aliphatic hydroxyl groups is 1. The van der Waals surface area contributed by atoms with E-state index in [9.17, 15) is 5.11 Å². The maximum absolute atomic E-state index is 10.5. The predicted octanol–water partition coefficient (Wildman–Crippen LogP) is 3.85. The van der Waals surface area contributed by atoms with Crippen LogP contribution in [0.25, 0.3) is 27.5 Å². The van der Waals surface area contributed by atoms with Crippen molar-refractivity contribution >= 4 is 33.3 Å². The van der Waals surface area contributed by atoms with Crippen molar-refractivity contribution < 1.29 is 5.11 Å². The van der Waals surface area contributed by atoms with Gasteiger partial charge in [0.2, 0.25) is 0 Å². The van der Waals surface area contributed by atoms with E-state index in [2.05, 4.69) is 27.1 Å². The Balaban J connectivity index is 1.37. The number of fused-ring (bicyclic) bond motifs is 2. The minimum Gasteiger partial charge on any atom is -0.510 e. The van der Waals surface area contributed by atoms with Crippen LogP contribution in [-0.4, -0.2) is 43.9 Å². The zero-order valence-electron chi connectivity index (χ0n) is 14.7. The average Bonchev–Trinajstić information content (AvgIpc) is 3.35. The summed E-state index contributed by atoms with van der Waals surface area (Å²) in [5.41, 5.74) is 4.56. The molecular weight excluding hydrogens is 338 g/mol. The van der Waals surface area contributed by atoms with Crippen molar-refractivity contribution in [3.05, 3.63) is 71.9 Å². The lowest BCUT2D eigenvalue weighted by atomic mass is 10.1. The fourth-order valence-electron chi connectivity index (χ4n) is 3.74. The van der Waals surface area contributed by atoms with Crippen LogP contribution in [0.2, 0.25) is 0 Å². The first-order valence-electron chi connectivity index (χ1n) is 8.97. The summed E-state index contributed by atoms with van der Waals surface area (Å²) < 4.78 is 0. The quantitative estimate of drug-likeness (QED) is 0.447. The van der Waals surface area contributed by atoms with E-state index in [0.717, 1.165) is 23.0 Å². The molecule has 0 saturated carbocycles. The van der Waals surface area contributed by atoms with Crippen LogP contribution in [0.4, 0.5) is 0 Å². The summed E-state index contributed by atoms with van der Waals surface area (Å²) in [6.45, 7) is 1.00. The molecule has 0 bridgehead atoms. The molecule has 0 aliphatic carbocycles. The van der Waals surface area contributed by atoms with Crippen LogP contribution in [-0.2, 0) is 6.42 Å². The van der Waals surface area contributed by atoms with Gasteiger partial charge in [-0.3, -0.25) is 5.41 Å². The van der Waals surface area contributed by atoms with E-state index in [1.54, 1.807) is 0 Å². The fraction of sp³-hybridized carbons (Fsp3) is 0.143. The molecule has 0 unspecified atom stereocenters. The lowest BCUT2D eigenvalue weighted by Gasteiger charge is -2.18. The monoisotopic (exact) mass is 357 g/mol. The standard InChI is InChI=1S/C21H19N5O/c22-20-19(21-24-16-7-3-4-8-17(16)25-21)18(27)12-26(20)10-9-13-11-23-15-6-2-1-5-14(13)15/h1-8,11,22-23,27H,9-10,12H2,(H,24,25). The van der Waals surface area contributed by atoms with Gasteiger partial charge in [-0.2, -0.15) is 0 Å². The topological polar surface area (TPSA) is 91.8 Å². The van der Waals surface area contributed by atoms with Gasteiger partial charge >= 0.3 is 0 Å². The number of aliphatic hydroxyl groups excluding tert-OH is 1. The molecule has 4 aromatic rings. The average molecular weight is 357 g/mol. The van der Waals surface area contributed by atoms with Crippen molar-refractivity contribution in [2.45, 2.75) is 6.42 Å². The van der Waals surface area contributed by atoms with Crippen LogP contribution in [0.1, 0.15) is 11.4 Å². The molecule has 27 heavy (non-hydrogen) atoms. The third-order valence-electron chi connectivity index (χ3n) is 5.13. The van der Waals surface area contributed by atoms with Crippen molar-refractivity contribution in [1.29, 1.82) is 5.41 Å². The molecule has 6 nitrogen and oxygen atoms in total. The van der Waals surface area contributed by atoms with Gasteiger partial charge in [0.25, 0.3) is 0 Å². The van der Waals surface area contributed by atoms with E-state index in [1.807, 2.05) is 47.5 Å². The highest BCUT2D eigenvalue weighted by atomic mass is 16.3. The minimum atomic E-state index is 0.193. The second-order valence-electron chi connectivity index (χ2n) is 6.80. The summed E-state index contributed by atoms with van der Waals surface area (Å²) in [5.74, 6) is 1.05. The molecule has 1 aliphatic rings. The van der Waals surface area contributed by atoms with Gasteiger partial charge in [0.05, 0.1) is 23.2 Å². The third-order valence-corrected chi connectivity index (χ3v) is 5.13. The Morgan fingerprint density at radius 2 is 1.85 bits per heavy atom. The highest BCUT2D eigenvalue weighted by Gasteiger charge is 2.30. The van der Waals surface area contributed by atoms with Crippen LogP contribution in [0.3, 0.4) is 0 Å². The van der Waals surface area contributed by atoms with Crippen LogP contribution in [0.15, 0.2) is 60.5 Å². The van der Waals surface area contributed by atoms with Crippen molar-refractivity contribution in [3.63, 3.8) is 0 Å². The van der Waals surface area contributed by atoms with Gasteiger partial charge in [-0.15, -0.1) is 0 Å². The zero-order valence-corrected chi connectivity index (χ0v) is 14.7. The van der Waals surface area contributed by atoms with E-state index in [1.165, 1.54) is 10.9 Å². The fourth-order valence-corrected chi connectivity index (χ4v) is 3.74. The molecule has 0 amide bonds. The maximum atomic E-state index is 10.5. The number of hydrogen-bond donors (Lipinski definition) is 4. The van der Waals surface area contributed by atoms with Gasteiger partial charge in [0.1, 0.15) is 17.4 Å². The Kier molecular flexibility index (Phi) is 3.50. The van der Waals surface area contributed by atoms with E-state index in [-0.39, 0.29) is 5.76 Å². The van der Waals surface area contributed by atoms with Crippen LogP contribution in [0.5, 0.6) is 0 Å². The number of para-hydroxylation sites is 3. The van der Waals surface area contributed by atoms with Gasteiger partial charge in [-0.05, 0) is 30.2 Å². The maximum Gasteiger partial charge on any atom is 0.145 e. The predicted molar refractivity (Wildman–Crippen MR) is 107 cm³/mol. The first kappa shape index (κ1) is 15.7. The Morgan fingerprint density at radius 3 is 2.70 bits per heavy atom. The lowest BCUT2D eigenvalue weighted by molar-refractivity contribution is 0.351. The number of rotatable bonds is 4. The Bertz CT molecular complexity index is 1170. The molecule has 0 fully saturated rings. The SMILES string of the molecule is N=C1C(c2nc3ccccc3[nH]2)=C(O)CN1CCc1c[nH]c2ccccc12. The van der Waals surface area contributed by atoms with E-state index in [4.69, 9.17) is 5.41 Å². The first-order chi connectivity index (χ1) is 13.2. The van der Waals surface area contributed by atoms with E-state index in [0.29, 0.717) is 30.3 Å². The normalized spacial score (nSPS) is 14.8. The number of benzene rings is 2. The van der Waals surface area contributed by atoms with E-state index >= 15 is 0 Å². The summed E-state index contributed by atoms with van der Waals surface area (Å²) in [6.07, 6.45) is 2.82. The molecule has 4 N–H and O–H groups in total. The Hall–Kier alpha value is -3.54. The van der Waals surface area contributed by atoms with Crippen molar-refractivity contribution in [1.82, 2.24) is 19.9 Å². The molecule has 0 spiro atoms. The molecule has 0 atom stereocenters. The first-order valence-corrected chi connectivity index (χ1v) is 8.97.